The number of anilines is 1. The number of aromatic nitrogens is 6. The zero-order valence-electron chi connectivity index (χ0n) is 14.4. The van der Waals surface area contributed by atoms with Gasteiger partial charge in [0.05, 0.1) is 17.8 Å². The third-order valence-corrected chi connectivity index (χ3v) is 5.08. The van der Waals surface area contributed by atoms with Crippen LogP contribution < -0.4 is 11.1 Å². The van der Waals surface area contributed by atoms with E-state index in [-0.39, 0.29) is 17.9 Å². The third-order valence-electron chi connectivity index (χ3n) is 5.08. The fraction of sp³-hybridized carbons (Fsp3) is 0.353. The molecule has 5 heterocycles. The Morgan fingerprint density at radius 2 is 2.15 bits per heavy atom. The molecule has 27 heavy (non-hydrogen) atoms. The summed E-state index contributed by atoms with van der Waals surface area (Å²) >= 11 is 0. The Balaban J connectivity index is 1.66. The molecule has 10 heteroatoms. The van der Waals surface area contributed by atoms with E-state index in [1.807, 2.05) is 0 Å². The molecule has 10 nitrogen and oxygen atoms in total. The average molecular weight is 366 g/mol. The number of hydrogen-bond donors (Lipinski definition) is 2. The number of carbonyl (C=O) groups excluding carboxylic acids is 1. The summed E-state index contributed by atoms with van der Waals surface area (Å²) < 4.78 is 8.50. The maximum absolute atomic E-state index is 11.9. The number of furan rings is 1. The summed E-state index contributed by atoms with van der Waals surface area (Å²) in [5.74, 6) is 1.35. The Morgan fingerprint density at radius 3 is 2.89 bits per heavy atom. The predicted octanol–water partition coefficient (Wildman–Crippen LogP) is 1.06. The first-order valence-corrected chi connectivity index (χ1v) is 8.85. The van der Waals surface area contributed by atoms with Gasteiger partial charge < -0.3 is 20.3 Å². The molecule has 1 saturated heterocycles. The lowest BCUT2D eigenvalue weighted by Crippen LogP contribution is -2.33. The molecule has 3 N–H and O–H groups in total. The summed E-state index contributed by atoms with van der Waals surface area (Å²) in [6, 6.07) is 3.16. The highest BCUT2D eigenvalue weighted by Gasteiger charge is 2.28. The van der Waals surface area contributed by atoms with Crippen molar-refractivity contribution in [1.82, 2.24) is 34.7 Å². The standard InChI is InChI=1S/C17H18N8O2/c18-17-22-16-11(15-21-14(23-25(15)17)13-2-1-7-27-13)8-20-24(16)12(9-26)10-3-5-19-6-4-10/h1-2,7-10,12,19H,3-6H2,(H2,18,22). The predicted molar refractivity (Wildman–Crippen MR) is 96.9 cm³/mol. The topological polar surface area (TPSA) is 129 Å². The van der Waals surface area contributed by atoms with Crippen LogP contribution in [0, 0.1) is 5.92 Å². The first kappa shape index (κ1) is 15.9. The van der Waals surface area contributed by atoms with Gasteiger partial charge in [-0.1, -0.05) is 0 Å². The van der Waals surface area contributed by atoms with Crippen molar-refractivity contribution in [2.45, 2.75) is 18.9 Å². The van der Waals surface area contributed by atoms with Crippen molar-refractivity contribution in [2.75, 3.05) is 18.8 Å². The fourth-order valence-electron chi connectivity index (χ4n) is 3.71. The Labute approximate surface area is 153 Å². The minimum Gasteiger partial charge on any atom is -0.461 e. The SMILES string of the molecule is Nc1nc2c(cnn2C(C=O)C2CCNCC2)c2nc(-c3ccco3)nn12. The minimum atomic E-state index is -0.383. The molecule has 0 bridgehead atoms. The Bertz CT molecular complexity index is 1110. The van der Waals surface area contributed by atoms with Gasteiger partial charge in [0.2, 0.25) is 11.8 Å². The number of aldehydes is 1. The summed E-state index contributed by atoms with van der Waals surface area (Å²) in [7, 11) is 0. The first-order chi connectivity index (χ1) is 13.3. The van der Waals surface area contributed by atoms with Crippen LogP contribution in [0.25, 0.3) is 28.3 Å². The van der Waals surface area contributed by atoms with Crippen molar-refractivity contribution in [3.05, 3.63) is 24.6 Å². The molecular formula is C17H18N8O2. The van der Waals surface area contributed by atoms with Gasteiger partial charge in [-0.3, -0.25) is 0 Å². The van der Waals surface area contributed by atoms with Crippen molar-refractivity contribution in [3.63, 3.8) is 0 Å². The van der Waals surface area contributed by atoms with Crippen LogP contribution in [-0.4, -0.2) is 48.7 Å². The van der Waals surface area contributed by atoms with Gasteiger partial charge in [0.1, 0.15) is 12.3 Å². The van der Waals surface area contributed by atoms with Gasteiger partial charge in [0.15, 0.2) is 17.1 Å². The van der Waals surface area contributed by atoms with Crippen LogP contribution >= 0.6 is 0 Å². The van der Waals surface area contributed by atoms with E-state index in [0.29, 0.717) is 28.3 Å². The zero-order chi connectivity index (χ0) is 18.4. The number of fused-ring (bicyclic) bond motifs is 3. The van der Waals surface area contributed by atoms with E-state index < -0.39 is 0 Å². The smallest absolute Gasteiger partial charge is 0.225 e. The number of nitrogens with zero attached hydrogens (tertiary/aromatic N) is 6. The van der Waals surface area contributed by atoms with Crippen LogP contribution in [0.15, 0.2) is 29.0 Å². The van der Waals surface area contributed by atoms with Crippen LogP contribution in [0.3, 0.4) is 0 Å². The maximum atomic E-state index is 11.9. The molecule has 1 aliphatic heterocycles. The number of hydrogen-bond acceptors (Lipinski definition) is 8. The third kappa shape index (κ3) is 2.48. The Kier molecular flexibility index (Phi) is 3.64. The van der Waals surface area contributed by atoms with Gasteiger partial charge in [-0.25, -0.2) is 9.67 Å². The van der Waals surface area contributed by atoms with E-state index in [1.54, 1.807) is 29.3 Å². The summed E-state index contributed by atoms with van der Waals surface area (Å²) in [4.78, 5) is 20.9. The van der Waals surface area contributed by atoms with E-state index >= 15 is 0 Å². The van der Waals surface area contributed by atoms with E-state index in [9.17, 15) is 4.79 Å². The lowest BCUT2D eigenvalue weighted by atomic mass is 9.91. The highest BCUT2D eigenvalue weighted by atomic mass is 16.3. The molecule has 0 spiro atoms. The Morgan fingerprint density at radius 1 is 1.30 bits per heavy atom. The van der Waals surface area contributed by atoms with E-state index in [4.69, 9.17) is 10.2 Å². The second-order valence-electron chi connectivity index (χ2n) is 6.66. The van der Waals surface area contributed by atoms with Crippen LogP contribution in [-0.2, 0) is 4.79 Å². The summed E-state index contributed by atoms with van der Waals surface area (Å²) in [5.41, 5.74) is 7.19. The van der Waals surface area contributed by atoms with Gasteiger partial charge in [-0.15, -0.1) is 5.10 Å². The molecule has 5 rings (SSSR count). The van der Waals surface area contributed by atoms with Crippen molar-refractivity contribution < 1.29 is 9.21 Å². The lowest BCUT2D eigenvalue weighted by molar-refractivity contribution is -0.112. The molecule has 0 amide bonds. The van der Waals surface area contributed by atoms with Crippen molar-refractivity contribution >= 4 is 28.9 Å². The molecule has 1 fully saturated rings. The average Bonchev–Trinajstić information content (AvgIpc) is 3.43. The van der Waals surface area contributed by atoms with Crippen molar-refractivity contribution in [3.8, 4) is 11.6 Å². The molecule has 0 aromatic carbocycles. The van der Waals surface area contributed by atoms with E-state index in [1.165, 1.54) is 4.52 Å². The van der Waals surface area contributed by atoms with E-state index in [2.05, 4.69) is 25.5 Å². The minimum absolute atomic E-state index is 0.180. The van der Waals surface area contributed by atoms with Crippen LogP contribution in [0.2, 0.25) is 0 Å². The van der Waals surface area contributed by atoms with Crippen LogP contribution in [0.4, 0.5) is 5.95 Å². The highest BCUT2D eigenvalue weighted by Crippen LogP contribution is 2.29. The highest BCUT2D eigenvalue weighted by molar-refractivity contribution is 5.90. The number of nitrogens with two attached hydrogens (primary N) is 1. The summed E-state index contributed by atoms with van der Waals surface area (Å²) in [5, 5.41) is 12.8. The summed E-state index contributed by atoms with van der Waals surface area (Å²) in [6.07, 6.45) is 5.99. The molecule has 0 radical (unpaired) electrons. The van der Waals surface area contributed by atoms with Gasteiger partial charge in [0.25, 0.3) is 0 Å². The number of piperidine rings is 1. The lowest BCUT2D eigenvalue weighted by Gasteiger charge is -2.27. The zero-order valence-corrected chi connectivity index (χ0v) is 14.4. The van der Waals surface area contributed by atoms with Gasteiger partial charge in [-0.2, -0.15) is 14.6 Å². The normalized spacial score (nSPS) is 16.9. The van der Waals surface area contributed by atoms with Gasteiger partial charge >= 0.3 is 0 Å². The number of nitrogen functional groups attached to an aromatic ring is 1. The van der Waals surface area contributed by atoms with Crippen LogP contribution in [0.1, 0.15) is 18.9 Å². The molecule has 0 aliphatic carbocycles. The second-order valence-corrected chi connectivity index (χ2v) is 6.66. The first-order valence-electron chi connectivity index (χ1n) is 8.85. The molecule has 1 atom stereocenters. The second kappa shape index (κ2) is 6.16. The summed E-state index contributed by atoms with van der Waals surface area (Å²) in [6.45, 7) is 1.79. The molecule has 4 aromatic rings. The Hall–Kier alpha value is -3.27. The van der Waals surface area contributed by atoms with Crippen molar-refractivity contribution in [1.29, 1.82) is 0 Å². The van der Waals surface area contributed by atoms with Crippen molar-refractivity contribution in [2.24, 2.45) is 5.92 Å². The number of rotatable bonds is 4. The quantitative estimate of drug-likeness (QED) is 0.513. The fourth-order valence-corrected chi connectivity index (χ4v) is 3.71. The number of nitrogens with one attached hydrogen (secondary N) is 1. The maximum Gasteiger partial charge on any atom is 0.225 e. The molecule has 1 unspecified atom stereocenters. The van der Waals surface area contributed by atoms with Crippen LogP contribution in [0.5, 0.6) is 0 Å². The molecular weight excluding hydrogens is 348 g/mol. The number of carbonyl (C=O) groups is 1. The van der Waals surface area contributed by atoms with E-state index in [0.717, 1.165) is 32.2 Å². The molecule has 138 valence electrons. The largest absolute Gasteiger partial charge is 0.461 e. The molecule has 4 aromatic heterocycles. The molecule has 0 saturated carbocycles. The van der Waals surface area contributed by atoms with Gasteiger partial charge in [0, 0.05) is 0 Å². The van der Waals surface area contributed by atoms with Gasteiger partial charge in [-0.05, 0) is 44.0 Å². The monoisotopic (exact) mass is 366 g/mol. The molecule has 1 aliphatic rings.